The van der Waals surface area contributed by atoms with Crippen LogP contribution < -0.4 is 5.32 Å². The average molecular weight is 382 g/mol. The Morgan fingerprint density at radius 2 is 2.12 bits per heavy atom. The molecule has 134 valence electrons. The minimum absolute atomic E-state index is 0.0934. The largest absolute Gasteiger partial charge is 0.345 e. The van der Waals surface area contributed by atoms with Crippen LogP contribution in [0.25, 0.3) is 0 Å². The molecular formula is C18H21Cl2N3O2. The number of halogens is 2. The van der Waals surface area contributed by atoms with Gasteiger partial charge in [-0.25, -0.2) is 0 Å². The van der Waals surface area contributed by atoms with Gasteiger partial charge in [-0.3, -0.25) is 4.79 Å². The lowest BCUT2D eigenvalue weighted by molar-refractivity contribution is -0.121. The second-order valence-corrected chi connectivity index (χ2v) is 7.26. The van der Waals surface area contributed by atoms with Gasteiger partial charge in [-0.05, 0) is 37.8 Å². The average Bonchev–Trinajstić information content (AvgIpc) is 3.27. The van der Waals surface area contributed by atoms with Crippen LogP contribution in [-0.4, -0.2) is 16.0 Å². The van der Waals surface area contributed by atoms with Gasteiger partial charge in [0, 0.05) is 12.3 Å². The molecule has 0 unspecified atom stereocenters. The third-order valence-corrected chi connectivity index (χ3v) is 5.44. The molecule has 1 atom stereocenters. The van der Waals surface area contributed by atoms with Crippen LogP contribution in [0.15, 0.2) is 22.7 Å². The van der Waals surface area contributed by atoms with Crippen LogP contribution in [0, 0.1) is 0 Å². The van der Waals surface area contributed by atoms with E-state index in [9.17, 15) is 4.79 Å². The van der Waals surface area contributed by atoms with Crippen molar-refractivity contribution in [3.63, 3.8) is 0 Å². The Hall–Kier alpha value is -1.59. The Balaban J connectivity index is 1.53. The van der Waals surface area contributed by atoms with Crippen molar-refractivity contribution < 1.29 is 9.32 Å². The number of hydrogen-bond acceptors (Lipinski definition) is 4. The molecule has 2 aromatic rings. The van der Waals surface area contributed by atoms with E-state index in [0.717, 1.165) is 24.2 Å². The summed E-state index contributed by atoms with van der Waals surface area (Å²) < 4.78 is 5.32. The number of aryl methyl sites for hydroxylation is 1. The molecule has 1 N–H and O–H groups in total. The van der Waals surface area contributed by atoms with Gasteiger partial charge in [-0.2, -0.15) is 4.98 Å². The van der Waals surface area contributed by atoms with Crippen molar-refractivity contribution in [2.75, 3.05) is 0 Å². The molecule has 1 aliphatic carbocycles. The molecule has 1 fully saturated rings. The van der Waals surface area contributed by atoms with E-state index in [2.05, 4.69) is 15.5 Å². The number of nitrogens with zero attached hydrogens (tertiary/aromatic N) is 2. The van der Waals surface area contributed by atoms with Crippen LogP contribution in [0.4, 0.5) is 0 Å². The number of nitrogens with one attached hydrogen (secondary N) is 1. The van der Waals surface area contributed by atoms with Gasteiger partial charge in [-0.1, -0.05) is 53.3 Å². The predicted octanol–water partition coefficient (Wildman–Crippen LogP) is 4.84. The lowest BCUT2D eigenvalue weighted by atomic mass is 10.1. The van der Waals surface area contributed by atoms with Crippen LogP contribution >= 0.6 is 23.2 Å². The van der Waals surface area contributed by atoms with Crippen molar-refractivity contribution in [2.45, 2.75) is 57.4 Å². The maximum atomic E-state index is 12.2. The lowest BCUT2D eigenvalue weighted by Gasteiger charge is -2.10. The van der Waals surface area contributed by atoms with E-state index in [1.807, 2.05) is 19.1 Å². The summed E-state index contributed by atoms with van der Waals surface area (Å²) in [7, 11) is 0. The van der Waals surface area contributed by atoms with E-state index in [1.165, 1.54) is 12.8 Å². The summed E-state index contributed by atoms with van der Waals surface area (Å²) in [4.78, 5) is 16.6. The van der Waals surface area contributed by atoms with E-state index in [-0.39, 0.29) is 11.9 Å². The minimum atomic E-state index is -0.315. The highest BCUT2D eigenvalue weighted by Gasteiger charge is 2.24. The maximum Gasteiger partial charge on any atom is 0.248 e. The van der Waals surface area contributed by atoms with Gasteiger partial charge >= 0.3 is 0 Å². The molecular weight excluding hydrogens is 361 g/mol. The summed E-state index contributed by atoms with van der Waals surface area (Å²) in [6, 6.07) is 5.11. The second-order valence-electron chi connectivity index (χ2n) is 6.47. The summed E-state index contributed by atoms with van der Waals surface area (Å²) in [6.45, 7) is 1.84. The first-order chi connectivity index (χ1) is 12.0. The molecule has 0 spiro atoms. The van der Waals surface area contributed by atoms with Gasteiger partial charge in [0.25, 0.3) is 0 Å². The van der Waals surface area contributed by atoms with Crippen molar-refractivity contribution in [1.82, 2.24) is 15.5 Å². The van der Waals surface area contributed by atoms with E-state index in [0.29, 0.717) is 34.7 Å². The first-order valence-electron chi connectivity index (χ1n) is 8.60. The Morgan fingerprint density at radius 1 is 1.36 bits per heavy atom. The standard InChI is InChI=1S/C18H21Cl2N3O2/c1-11(18-22-17(23-25-18)13-5-2-3-6-13)21-15(24)10-9-12-7-4-8-14(19)16(12)20/h4,7-8,11,13H,2-3,5-6,9-10H2,1H3,(H,21,24)/t11-/m1/s1. The van der Waals surface area contributed by atoms with Gasteiger partial charge in [0.2, 0.25) is 11.8 Å². The number of rotatable bonds is 6. The van der Waals surface area contributed by atoms with Gasteiger partial charge in [-0.15, -0.1) is 0 Å². The quantitative estimate of drug-likeness (QED) is 0.776. The molecule has 5 nitrogen and oxygen atoms in total. The SMILES string of the molecule is C[C@@H](NC(=O)CCc1cccc(Cl)c1Cl)c1nc(C2CCCC2)no1. The fraction of sp³-hybridized carbons (Fsp3) is 0.500. The summed E-state index contributed by atoms with van der Waals surface area (Å²) in [5.74, 6) is 1.52. The minimum Gasteiger partial charge on any atom is -0.345 e. The molecule has 1 aliphatic rings. The second kappa shape index (κ2) is 8.19. The van der Waals surface area contributed by atoms with Crippen molar-refractivity contribution in [3.05, 3.63) is 45.5 Å². The van der Waals surface area contributed by atoms with Crippen LogP contribution in [-0.2, 0) is 11.2 Å². The van der Waals surface area contributed by atoms with E-state index in [1.54, 1.807) is 6.07 Å². The Kier molecular flexibility index (Phi) is 5.97. The number of carbonyl (C=O) groups is 1. The summed E-state index contributed by atoms with van der Waals surface area (Å²) in [6.07, 6.45) is 5.49. The molecule has 1 aromatic heterocycles. The van der Waals surface area contributed by atoms with Crippen LogP contribution in [0.3, 0.4) is 0 Å². The molecule has 0 aliphatic heterocycles. The Labute approximate surface area is 157 Å². The lowest BCUT2D eigenvalue weighted by Crippen LogP contribution is -2.27. The highest BCUT2D eigenvalue weighted by molar-refractivity contribution is 6.42. The van der Waals surface area contributed by atoms with Crippen LogP contribution in [0.2, 0.25) is 10.0 Å². The monoisotopic (exact) mass is 381 g/mol. The van der Waals surface area contributed by atoms with Gasteiger partial charge < -0.3 is 9.84 Å². The number of benzene rings is 1. The van der Waals surface area contributed by atoms with E-state index < -0.39 is 0 Å². The highest BCUT2D eigenvalue weighted by Crippen LogP contribution is 2.32. The van der Waals surface area contributed by atoms with Crippen molar-refractivity contribution in [1.29, 1.82) is 0 Å². The number of carbonyl (C=O) groups excluding carboxylic acids is 1. The first kappa shape index (κ1) is 18.2. The smallest absolute Gasteiger partial charge is 0.248 e. The maximum absolute atomic E-state index is 12.2. The third kappa shape index (κ3) is 4.53. The number of hydrogen-bond donors (Lipinski definition) is 1. The highest BCUT2D eigenvalue weighted by atomic mass is 35.5. The van der Waals surface area contributed by atoms with Gasteiger partial charge in [0.05, 0.1) is 10.0 Å². The van der Waals surface area contributed by atoms with Crippen LogP contribution in [0.1, 0.15) is 68.3 Å². The number of amides is 1. The normalized spacial score (nSPS) is 16.1. The zero-order valence-electron chi connectivity index (χ0n) is 14.1. The van der Waals surface area contributed by atoms with Gasteiger partial charge in [0.1, 0.15) is 6.04 Å². The fourth-order valence-corrected chi connectivity index (χ4v) is 3.55. The Morgan fingerprint density at radius 3 is 2.88 bits per heavy atom. The molecule has 0 bridgehead atoms. The third-order valence-electron chi connectivity index (χ3n) is 4.58. The Bertz CT molecular complexity index is 742. The molecule has 1 heterocycles. The molecule has 1 saturated carbocycles. The van der Waals surface area contributed by atoms with Gasteiger partial charge in [0.15, 0.2) is 5.82 Å². The summed E-state index contributed by atoms with van der Waals surface area (Å²) in [5.41, 5.74) is 0.860. The number of aromatic nitrogens is 2. The molecule has 1 amide bonds. The molecule has 25 heavy (non-hydrogen) atoms. The van der Waals surface area contributed by atoms with Crippen molar-refractivity contribution in [3.8, 4) is 0 Å². The van der Waals surface area contributed by atoms with Crippen molar-refractivity contribution in [2.24, 2.45) is 0 Å². The zero-order chi connectivity index (χ0) is 17.8. The van der Waals surface area contributed by atoms with Crippen LogP contribution in [0.5, 0.6) is 0 Å². The molecule has 1 aromatic carbocycles. The van der Waals surface area contributed by atoms with E-state index >= 15 is 0 Å². The zero-order valence-corrected chi connectivity index (χ0v) is 15.6. The van der Waals surface area contributed by atoms with Crippen molar-refractivity contribution >= 4 is 29.1 Å². The fourth-order valence-electron chi connectivity index (χ4n) is 3.14. The predicted molar refractivity (Wildman–Crippen MR) is 96.8 cm³/mol. The first-order valence-corrected chi connectivity index (χ1v) is 9.36. The molecule has 3 rings (SSSR count). The van der Waals surface area contributed by atoms with E-state index in [4.69, 9.17) is 27.7 Å². The molecule has 0 saturated heterocycles. The summed E-state index contributed by atoms with van der Waals surface area (Å²) >= 11 is 12.1. The topological polar surface area (TPSA) is 68.0 Å². The molecule has 7 heteroatoms. The summed E-state index contributed by atoms with van der Waals surface area (Å²) in [5, 5.41) is 7.97. The molecule has 0 radical (unpaired) electrons.